The van der Waals surface area contributed by atoms with E-state index in [2.05, 4.69) is 27.9 Å². The minimum atomic E-state index is -0.554. The molecule has 1 N–H and O–H groups in total. The fourth-order valence-electron chi connectivity index (χ4n) is 1.70. The molecule has 0 aliphatic rings. The van der Waals surface area contributed by atoms with Gasteiger partial charge >= 0.3 is 0 Å². The summed E-state index contributed by atoms with van der Waals surface area (Å²) in [6.07, 6.45) is 0. The number of hydrogen-bond acceptors (Lipinski definition) is 1. The Labute approximate surface area is 118 Å². The SMILES string of the molecule is CC(Nc1ccc(I)cc1)c1cc(F)cc(F)c1. The normalized spacial score (nSPS) is 12.2. The van der Waals surface area contributed by atoms with Crippen LogP contribution in [-0.2, 0) is 0 Å². The van der Waals surface area contributed by atoms with Crippen molar-refractivity contribution in [3.05, 3.63) is 63.2 Å². The van der Waals surface area contributed by atoms with E-state index >= 15 is 0 Å². The largest absolute Gasteiger partial charge is 0.379 e. The molecule has 0 aliphatic carbocycles. The van der Waals surface area contributed by atoms with Crippen LogP contribution in [0, 0.1) is 15.2 Å². The predicted octanol–water partition coefficient (Wildman–Crippen LogP) is 4.74. The van der Waals surface area contributed by atoms with Gasteiger partial charge in [0, 0.05) is 21.4 Å². The van der Waals surface area contributed by atoms with E-state index in [1.807, 2.05) is 31.2 Å². The molecule has 1 nitrogen and oxygen atoms in total. The van der Waals surface area contributed by atoms with Gasteiger partial charge < -0.3 is 5.32 Å². The highest BCUT2D eigenvalue weighted by molar-refractivity contribution is 14.1. The quantitative estimate of drug-likeness (QED) is 0.781. The Hall–Kier alpha value is -1.17. The van der Waals surface area contributed by atoms with Crippen molar-refractivity contribution in [1.29, 1.82) is 0 Å². The van der Waals surface area contributed by atoms with E-state index in [-0.39, 0.29) is 6.04 Å². The zero-order valence-corrected chi connectivity index (χ0v) is 11.9. The Bertz CT molecular complexity index is 520. The highest BCUT2D eigenvalue weighted by atomic mass is 127. The summed E-state index contributed by atoms with van der Waals surface area (Å²) in [5.74, 6) is -1.11. The van der Waals surface area contributed by atoms with Crippen LogP contribution in [0.2, 0.25) is 0 Å². The molecule has 2 rings (SSSR count). The summed E-state index contributed by atoms with van der Waals surface area (Å²) in [6, 6.07) is 11.2. The summed E-state index contributed by atoms with van der Waals surface area (Å²) in [4.78, 5) is 0. The number of anilines is 1. The van der Waals surface area contributed by atoms with Gasteiger partial charge in [0.15, 0.2) is 0 Å². The molecule has 1 unspecified atom stereocenters. The monoisotopic (exact) mass is 359 g/mol. The molecule has 0 spiro atoms. The van der Waals surface area contributed by atoms with Gasteiger partial charge in [-0.3, -0.25) is 0 Å². The van der Waals surface area contributed by atoms with Gasteiger partial charge in [-0.15, -0.1) is 0 Å². The molecule has 0 heterocycles. The van der Waals surface area contributed by atoms with Crippen molar-refractivity contribution < 1.29 is 8.78 Å². The Balaban J connectivity index is 2.16. The van der Waals surface area contributed by atoms with E-state index in [0.717, 1.165) is 15.3 Å². The molecule has 18 heavy (non-hydrogen) atoms. The highest BCUT2D eigenvalue weighted by Crippen LogP contribution is 2.21. The Kier molecular flexibility index (Phi) is 4.16. The molecule has 0 saturated carbocycles. The first-order chi connectivity index (χ1) is 8.54. The smallest absolute Gasteiger partial charge is 0.126 e. The fourth-order valence-corrected chi connectivity index (χ4v) is 2.06. The molecule has 1 atom stereocenters. The summed E-state index contributed by atoms with van der Waals surface area (Å²) < 4.78 is 27.4. The lowest BCUT2D eigenvalue weighted by Gasteiger charge is -2.16. The Morgan fingerprint density at radius 3 is 2.11 bits per heavy atom. The molecule has 0 radical (unpaired) electrons. The molecule has 2 aromatic rings. The molecule has 4 heteroatoms. The predicted molar refractivity (Wildman–Crippen MR) is 77.6 cm³/mol. The van der Waals surface area contributed by atoms with Crippen LogP contribution >= 0.6 is 22.6 Å². The van der Waals surface area contributed by atoms with E-state index in [1.54, 1.807) is 0 Å². The topological polar surface area (TPSA) is 12.0 Å². The summed E-state index contributed by atoms with van der Waals surface area (Å²) in [6.45, 7) is 1.87. The maximum Gasteiger partial charge on any atom is 0.126 e. The van der Waals surface area contributed by atoms with E-state index < -0.39 is 11.6 Å². The number of rotatable bonds is 3. The molecule has 2 aromatic carbocycles. The lowest BCUT2D eigenvalue weighted by Crippen LogP contribution is -2.07. The molecule has 0 bridgehead atoms. The Morgan fingerprint density at radius 1 is 1.00 bits per heavy atom. The number of hydrogen-bond donors (Lipinski definition) is 1. The van der Waals surface area contributed by atoms with Crippen LogP contribution in [0.25, 0.3) is 0 Å². The zero-order valence-electron chi connectivity index (χ0n) is 9.75. The summed E-state index contributed by atoms with van der Waals surface area (Å²) >= 11 is 2.22. The summed E-state index contributed by atoms with van der Waals surface area (Å²) in [7, 11) is 0. The van der Waals surface area contributed by atoms with Gasteiger partial charge in [-0.1, -0.05) is 0 Å². The average Bonchev–Trinajstić information content (AvgIpc) is 2.31. The number of halogens is 3. The van der Waals surface area contributed by atoms with Crippen LogP contribution in [0.4, 0.5) is 14.5 Å². The van der Waals surface area contributed by atoms with Gasteiger partial charge in [-0.2, -0.15) is 0 Å². The van der Waals surface area contributed by atoms with Crippen LogP contribution in [0.1, 0.15) is 18.5 Å². The third kappa shape index (κ3) is 3.41. The standard InChI is InChI=1S/C14H12F2IN/c1-9(10-6-11(15)8-12(16)7-10)18-14-4-2-13(17)3-5-14/h2-9,18H,1H3. The molecular weight excluding hydrogens is 347 g/mol. The third-order valence-corrected chi connectivity index (χ3v) is 3.33. The second kappa shape index (κ2) is 5.65. The van der Waals surface area contributed by atoms with Gasteiger partial charge in [0.2, 0.25) is 0 Å². The minimum absolute atomic E-state index is 0.157. The van der Waals surface area contributed by atoms with Crippen molar-refractivity contribution >= 4 is 28.3 Å². The molecule has 0 saturated heterocycles. The first kappa shape index (κ1) is 13.3. The maximum atomic E-state index is 13.1. The van der Waals surface area contributed by atoms with E-state index in [1.165, 1.54) is 12.1 Å². The Morgan fingerprint density at radius 2 is 1.56 bits per heavy atom. The average molecular weight is 359 g/mol. The number of nitrogens with one attached hydrogen (secondary N) is 1. The van der Waals surface area contributed by atoms with Crippen LogP contribution in [0.5, 0.6) is 0 Å². The van der Waals surface area contributed by atoms with Gasteiger partial charge in [-0.05, 0) is 71.5 Å². The van der Waals surface area contributed by atoms with Gasteiger partial charge in [0.05, 0.1) is 0 Å². The van der Waals surface area contributed by atoms with E-state index in [9.17, 15) is 8.78 Å². The summed E-state index contributed by atoms with van der Waals surface area (Å²) in [5, 5.41) is 3.20. The van der Waals surface area contributed by atoms with Crippen molar-refractivity contribution in [2.24, 2.45) is 0 Å². The summed E-state index contributed by atoms with van der Waals surface area (Å²) in [5.41, 5.74) is 1.51. The van der Waals surface area contributed by atoms with Crippen molar-refractivity contribution in [3.63, 3.8) is 0 Å². The van der Waals surface area contributed by atoms with Crippen LogP contribution < -0.4 is 5.32 Å². The zero-order chi connectivity index (χ0) is 13.1. The molecular formula is C14H12F2IN. The maximum absolute atomic E-state index is 13.1. The molecule has 94 valence electrons. The van der Waals surface area contributed by atoms with Gasteiger partial charge in [0.1, 0.15) is 11.6 Å². The van der Waals surface area contributed by atoms with Crippen LogP contribution in [0.15, 0.2) is 42.5 Å². The van der Waals surface area contributed by atoms with Crippen molar-refractivity contribution in [1.82, 2.24) is 0 Å². The lowest BCUT2D eigenvalue weighted by molar-refractivity contribution is 0.577. The third-order valence-electron chi connectivity index (χ3n) is 2.61. The van der Waals surface area contributed by atoms with Crippen molar-refractivity contribution in [2.75, 3.05) is 5.32 Å². The first-order valence-electron chi connectivity index (χ1n) is 5.53. The lowest BCUT2D eigenvalue weighted by atomic mass is 10.1. The molecule has 0 aliphatic heterocycles. The molecule has 0 amide bonds. The van der Waals surface area contributed by atoms with Crippen LogP contribution in [0.3, 0.4) is 0 Å². The fraction of sp³-hybridized carbons (Fsp3) is 0.143. The van der Waals surface area contributed by atoms with Gasteiger partial charge in [-0.25, -0.2) is 8.78 Å². The van der Waals surface area contributed by atoms with E-state index in [4.69, 9.17) is 0 Å². The van der Waals surface area contributed by atoms with Gasteiger partial charge in [0.25, 0.3) is 0 Å². The van der Waals surface area contributed by atoms with Crippen molar-refractivity contribution in [3.8, 4) is 0 Å². The van der Waals surface area contributed by atoms with E-state index in [0.29, 0.717) is 5.56 Å². The highest BCUT2D eigenvalue weighted by Gasteiger charge is 2.08. The molecule has 0 aromatic heterocycles. The minimum Gasteiger partial charge on any atom is -0.379 e. The second-order valence-electron chi connectivity index (χ2n) is 4.08. The second-order valence-corrected chi connectivity index (χ2v) is 5.32. The van der Waals surface area contributed by atoms with Crippen LogP contribution in [-0.4, -0.2) is 0 Å². The molecule has 0 fully saturated rings. The number of benzene rings is 2. The van der Waals surface area contributed by atoms with Crippen molar-refractivity contribution in [2.45, 2.75) is 13.0 Å². The first-order valence-corrected chi connectivity index (χ1v) is 6.60.